The zero-order valence-corrected chi connectivity index (χ0v) is 11.9. The number of nitrogens with zero attached hydrogens (tertiary/aromatic N) is 2. The predicted octanol–water partition coefficient (Wildman–Crippen LogP) is 1.80. The van der Waals surface area contributed by atoms with E-state index in [2.05, 4.69) is 21.8 Å². The maximum absolute atomic E-state index is 5.79. The molecule has 1 aliphatic rings. The number of hydrogen-bond acceptors (Lipinski definition) is 4. The molecule has 2 heterocycles. The number of benzene rings is 1. The van der Waals surface area contributed by atoms with E-state index in [9.17, 15) is 0 Å². The molecule has 1 aromatic heterocycles. The second-order valence-electron chi connectivity index (χ2n) is 5.55. The number of fused-ring (bicyclic) bond motifs is 1. The minimum atomic E-state index is 0.327. The Kier molecular flexibility index (Phi) is 3.89. The van der Waals surface area contributed by atoms with Crippen molar-refractivity contribution in [1.82, 2.24) is 14.9 Å². The largest absolute Gasteiger partial charge is 0.399 e. The van der Waals surface area contributed by atoms with Gasteiger partial charge in [0.15, 0.2) is 0 Å². The fraction of sp³-hybridized carbons (Fsp3) is 0.533. The van der Waals surface area contributed by atoms with Crippen LogP contribution in [0.1, 0.15) is 19.2 Å². The Morgan fingerprint density at radius 2 is 2.40 bits per heavy atom. The van der Waals surface area contributed by atoms with Crippen molar-refractivity contribution in [3.63, 3.8) is 0 Å². The van der Waals surface area contributed by atoms with Crippen molar-refractivity contribution in [2.45, 2.75) is 25.9 Å². The molecule has 0 amide bonds. The Morgan fingerprint density at radius 1 is 1.50 bits per heavy atom. The van der Waals surface area contributed by atoms with Crippen molar-refractivity contribution in [1.29, 1.82) is 0 Å². The molecule has 0 saturated carbocycles. The number of H-pyrrole nitrogens is 1. The van der Waals surface area contributed by atoms with Gasteiger partial charge in [-0.3, -0.25) is 0 Å². The van der Waals surface area contributed by atoms with Crippen molar-refractivity contribution in [2.24, 2.45) is 0 Å². The lowest BCUT2D eigenvalue weighted by Gasteiger charge is -2.20. The normalized spacial score (nSPS) is 21.1. The van der Waals surface area contributed by atoms with E-state index in [1.165, 1.54) is 0 Å². The van der Waals surface area contributed by atoms with Crippen LogP contribution in [-0.4, -0.2) is 47.2 Å². The Hall–Kier alpha value is -1.59. The second kappa shape index (κ2) is 5.81. The van der Waals surface area contributed by atoms with E-state index in [4.69, 9.17) is 10.5 Å². The van der Waals surface area contributed by atoms with Crippen molar-refractivity contribution in [3.05, 3.63) is 24.0 Å². The third-order valence-corrected chi connectivity index (χ3v) is 3.76. The van der Waals surface area contributed by atoms with Gasteiger partial charge >= 0.3 is 0 Å². The Morgan fingerprint density at radius 3 is 3.30 bits per heavy atom. The first-order valence-corrected chi connectivity index (χ1v) is 7.29. The third-order valence-electron chi connectivity index (χ3n) is 3.76. The lowest BCUT2D eigenvalue weighted by molar-refractivity contribution is 0.0678. The van der Waals surface area contributed by atoms with Gasteiger partial charge in [0.05, 0.1) is 17.1 Å². The number of aromatic nitrogens is 2. The smallest absolute Gasteiger partial charge is 0.108 e. The molecule has 1 unspecified atom stereocenters. The molecule has 0 aliphatic carbocycles. The molecule has 0 radical (unpaired) electrons. The van der Waals surface area contributed by atoms with Gasteiger partial charge in [0.25, 0.3) is 0 Å². The van der Waals surface area contributed by atoms with Gasteiger partial charge in [-0.25, -0.2) is 4.98 Å². The Bertz CT molecular complexity index is 580. The zero-order chi connectivity index (χ0) is 13.9. The van der Waals surface area contributed by atoms with Crippen LogP contribution in [0.4, 0.5) is 5.69 Å². The van der Waals surface area contributed by atoms with Crippen LogP contribution in [0.15, 0.2) is 18.2 Å². The minimum absolute atomic E-state index is 0.327. The van der Waals surface area contributed by atoms with Crippen LogP contribution in [0.2, 0.25) is 0 Å². The van der Waals surface area contributed by atoms with Crippen LogP contribution >= 0.6 is 0 Å². The Labute approximate surface area is 119 Å². The van der Waals surface area contributed by atoms with Crippen molar-refractivity contribution in [2.75, 3.05) is 32.0 Å². The lowest BCUT2D eigenvalue weighted by atomic mass is 10.3. The standard InChI is InChI=1S/C15H22N4O/c1-11-10-19(6-2-8-20-11)7-5-15-17-13-4-3-12(16)9-14(13)18-15/h3-4,9,11H,2,5-8,10,16H2,1H3,(H,17,18). The number of nitrogen functional groups attached to an aromatic ring is 1. The van der Waals surface area contributed by atoms with Gasteiger partial charge in [0, 0.05) is 38.3 Å². The molecule has 1 aliphatic heterocycles. The monoisotopic (exact) mass is 274 g/mol. The van der Waals surface area contributed by atoms with Gasteiger partial charge in [-0.05, 0) is 31.5 Å². The molecule has 1 atom stereocenters. The molecule has 1 aromatic carbocycles. The Balaban J connectivity index is 1.64. The summed E-state index contributed by atoms with van der Waals surface area (Å²) in [4.78, 5) is 10.4. The van der Waals surface area contributed by atoms with E-state index in [-0.39, 0.29) is 0 Å². The molecule has 3 rings (SSSR count). The molecular weight excluding hydrogens is 252 g/mol. The van der Waals surface area contributed by atoms with Gasteiger partial charge in [0.1, 0.15) is 5.82 Å². The number of aromatic amines is 1. The van der Waals surface area contributed by atoms with Gasteiger partial charge in [-0.1, -0.05) is 0 Å². The fourth-order valence-corrected chi connectivity index (χ4v) is 2.75. The number of nitrogens with two attached hydrogens (primary N) is 1. The molecule has 1 saturated heterocycles. The summed E-state index contributed by atoms with van der Waals surface area (Å²) >= 11 is 0. The summed E-state index contributed by atoms with van der Waals surface area (Å²) in [7, 11) is 0. The molecule has 0 bridgehead atoms. The van der Waals surface area contributed by atoms with E-state index in [1.807, 2.05) is 18.2 Å². The van der Waals surface area contributed by atoms with Crippen molar-refractivity contribution >= 4 is 16.7 Å². The van der Waals surface area contributed by atoms with E-state index < -0.39 is 0 Å². The lowest BCUT2D eigenvalue weighted by Crippen LogP contribution is -2.32. The molecule has 5 heteroatoms. The molecular formula is C15H22N4O. The maximum Gasteiger partial charge on any atom is 0.108 e. The molecule has 3 N–H and O–H groups in total. The van der Waals surface area contributed by atoms with Crippen molar-refractivity contribution in [3.8, 4) is 0 Å². The maximum atomic E-state index is 5.79. The summed E-state index contributed by atoms with van der Waals surface area (Å²) in [5.74, 6) is 1.03. The third kappa shape index (κ3) is 3.11. The highest BCUT2D eigenvalue weighted by atomic mass is 16.5. The first kappa shape index (κ1) is 13.4. The molecule has 20 heavy (non-hydrogen) atoms. The zero-order valence-electron chi connectivity index (χ0n) is 11.9. The number of nitrogens with one attached hydrogen (secondary N) is 1. The fourth-order valence-electron chi connectivity index (χ4n) is 2.75. The topological polar surface area (TPSA) is 67.2 Å². The first-order chi connectivity index (χ1) is 9.70. The summed E-state index contributed by atoms with van der Waals surface area (Å²) in [6, 6.07) is 5.79. The minimum Gasteiger partial charge on any atom is -0.399 e. The average Bonchev–Trinajstić information content (AvgIpc) is 2.70. The number of ether oxygens (including phenoxy) is 1. The number of imidazole rings is 1. The summed E-state index contributed by atoms with van der Waals surface area (Å²) in [5, 5.41) is 0. The van der Waals surface area contributed by atoms with Gasteiger partial charge < -0.3 is 20.4 Å². The van der Waals surface area contributed by atoms with E-state index in [0.29, 0.717) is 6.10 Å². The van der Waals surface area contributed by atoms with Crippen LogP contribution < -0.4 is 5.73 Å². The van der Waals surface area contributed by atoms with Crippen LogP contribution in [0.5, 0.6) is 0 Å². The van der Waals surface area contributed by atoms with Crippen LogP contribution in [0, 0.1) is 0 Å². The summed E-state index contributed by atoms with van der Waals surface area (Å²) in [5.41, 5.74) is 8.56. The molecule has 2 aromatic rings. The second-order valence-corrected chi connectivity index (χ2v) is 5.55. The highest BCUT2D eigenvalue weighted by Crippen LogP contribution is 2.15. The van der Waals surface area contributed by atoms with Crippen molar-refractivity contribution < 1.29 is 4.74 Å². The van der Waals surface area contributed by atoms with Crippen LogP contribution in [0.25, 0.3) is 11.0 Å². The predicted molar refractivity (Wildman–Crippen MR) is 80.7 cm³/mol. The summed E-state index contributed by atoms with van der Waals surface area (Å²) in [6.07, 6.45) is 2.37. The van der Waals surface area contributed by atoms with Gasteiger partial charge in [-0.2, -0.15) is 0 Å². The molecule has 108 valence electrons. The van der Waals surface area contributed by atoms with E-state index in [1.54, 1.807) is 0 Å². The van der Waals surface area contributed by atoms with Gasteiger partial charge in [0.2, 0.25) is 0 Å². The average molecular weight is 274 g/mol. The highest BCUT2D eigenvalue weighted by Gasteiger charge is 2.15. The van der Waals surface area contributed by atoms with Gasteiger partial charge in [-0.15, -0.1) is 0 Å². The highest BCUT2D eigenvalue weighted by molar-refractivity contribution is 5.78. The number of rotatable bonds is 3. The molecule has 5 nitrogen and oxygen atoms in total. The van der Waals surface area contributed by atoms with E-state index in [0.717, 1.165) is 61.6 Å². The summed E-state index contributed by atoms with van der Waals surface area (Å²) in [6.45, 7) is 6.15. The van der Waals surface area contributed by atoms with Crippen LogP contribution in [0.3, 0.4) is 0 Å². The summed E-state index contributed by atoms with van der Waals surface area (Å²) < 4.78 is 5.67. The quantitative estimate of drug-likeness (QED) is 0.838. The van der Waals surface area contributed by atoms with E-state index >= 15 is 0 Å². The first-order valence-electron chi connectivity index (χ1n) is 7.29. The molecule has 0 spiro atoms. The SMILES string of the molecule is CC1CN(CCc2nc3ccc(N)cc3[nH]2)CCCO1. The number of anilines is 1. The number of hydrogen-bond donors (Lipinski definition) is 2. The van der Waals surface area contributed by atoms with Crippen LogP contribution in [-0.2, 0) is 11.2 Å². The molecule has 1 fully saturated rings.